The number of hydrogen-bond acceptors (Lipinski definition) is 6. The minimum atomic E-state index is -0.464. The number of carbonyl (C=O) groups is 2. The zero-order valence-corrected chi connectivity index (χ0v) is 17.1. The number of rotatable bonds is 3. The Labute approximate surface area is 166 Å². The van der Waals surface area contributed by atoms with Crippen molar-refractivity contribution < 1.29 is 14.3 Å². The van der Waals surface area contributed by atoms with Crippen molar-refractivity contribution in [3.63, 3.8) is 0 Å². The van der Waals surface area contributed by atoms with E-state index < -0.39 is 5.60 Å². The maximum atomic E-state index is 12.7. The summed E-state index contributed by atoms with van der Waals surface area (Å²) in [5.41, 5.74) is 1.64. The lowest BCUT2D eigenvalue weighted by molar-refractivity contribution is -0.150. The molecule has 4 rings (SSSR count). The van der Waals surface area contributed by atoms with Crippen LogP contribution in [-0.2, 0) is 27.3 Å². The summed E-state index contributed by atoms with van der Waals surface area (Å²) in [7, 11) is 2.15. The number of ether oxygens (including phenoxy) is 1. The molecule has 7 heteroatoms. The van der Waals surface area contributed by atoms with E-state index in [0.29, 0.717) is 25.4 Å². The van der Waals surface area contributed by atoms with Gasteiger partial charge < -0.3 is 14.5 Å². The van der Waals surface area contributed by atoms with E-state index in [0.717, 1.165) is 43.0 Å². The maximum absolute atomic E-state index is 12.7. The molecule has 0 N–H and O–H groups in total. The molecule has 3 aliphatic rings. The molecule has 28 heavy (non-hydrogen) atoms. The third-order valence-electron chi connectivity index (χ3n) is 6.16. The second-order valence-corrected chi connectivity index (χ2v) is 9.15. The topological polar surface area (TPSA) is 75.6 Å². The lowest BCUT2D eigenvalue weighted by Crippen LogP contribution is -2.38. The molecule has 1 aromatic rings. The van der Waals surface area contributed by atoms with Crippen LogP contribution in [-0.4, -0.2) is 63.9 Å². The van der Waals surface area contributed by atoms with Gasteiger partial charge in [0.25, 0.3) is 0 Å². The van der Waals surface area contributed by atoms with E-state index in [1.165, 1.54) is 6.42 Å². The Hall–Kier alpha value is -2.02. The molecule has 2 atom stereocenters. The molecule has 0 aromatic carbocycles. The molecular weight excluding hydrogens is 356 g/mol. The van der Waals surface area contributed by atoms with Crippen molar-refractivity contribution >= 4 is 11.9 Å². The van der Waals surface area contributed by atoms with E-state index in [1.54, 1.807) is 0 Å². The van der Waals surface area contributed by atoms with Crippen LogP contribution in [0.25, 0.3) is 0 Å². The molecule has 0 unspecified atom stereocenters. The third-order valence-corrected chi connectivity index (χ3v) is 6.16. The molecule has 2 saturated heterocycles. The highest BCUT2D eigenvalue weighted by atomic mass is 16.6. The van der Waals surface area contributed by atoms with Crippen LogP contribution in [0.3, 0.4) is 0 Å². The molecule has 0 bridgehead atoms. The first kappa shape index (κ1) is 19.3. The fourth-order valence-corrected chi connectivity index (χ4v) is 4.69. The van der Waals surface area contributed by atoms with Gasteiger partial charge in [0.15, 0.2) is 0 Å². The predicted molar refractivity (Wildman–Crippen MR) is 104 cm³/mol. The van der Waals surface area contributed by atoms with Gasteiger partial charge in [-0.05, 0) is 40.3 Å². The molecule has 3 aliphatic heterocycles. The van der Waals surface area contributed by atoms with Crippen molar-refractivity contribution in [2.45, 2.75) is 64.0 Å². The number of nitrogens with zero attached hydrogens (tertiary/aromatic N) is 4. The summed E-state index contributed by atoms with van der Waals surface area (Å²) < 4.78 is 5.35. The van der Waals surface area contributed by atoms with Gasteiger partial charge in [-0.3, -0.25) is 9.59 Å². The molecule has 152 valence electrons. The molecule has 4 heterocycles. The van der Waals surface area contributed by atoms with Gasteiger partial charge in [-0.25, -0.2) is 9.97 Å². The monoisotopic (exact) mass is 386 g/mol. The Morgan fingerprint density at radius 3 is 2.89 bits per heavy atom. The summed E-state index contributed by atoms with van der Waals surface area (Å²) in [5.74, 6) is 0.789. The van der Waals surface area contributed by atoms with Crippen LogP contribution in [0.2, 0.25) is 0 Å². The maximum Gasteiger partial charge on any atom is 0.310 e. The molecule has 0 saturated carbocycles. The largest absolute Gasteiger partial charge is 0.459 e. The van der Waals surface area contributed by atoms with Crippen LogP contribution in [0.15, 0.2) is 6.20 Å². The van der Waals surface area contributed by atoms with E-state index in [2.05, 4.69) is 16.9 Å². The molecular formula is C21H30N4O3. The molecule has 0 spiro atoms. The third kappa shape index (κ3) is 4.04. The summed E-state index contributed by atoms with van der Waals surface area (Å²) in [4.78, 5) is 38.4. The second-order valence-electron chi connectivity index (χ2n) is 9.15. The van der Waals surface area contributed by atoms with Gasteiger partial charge >= 0.3 is 5.97 Å². The van der Waals surface area contributed by atoms with Crippen molar-refractivity contribution in [3.8, 4) is 0 Å². The molecule has 7 nitrogen and oxygen atoms in total. The SMILES string of the molecule is CN1CCC[C@H](c2ncc3c(n2)CCN(C(=O)C[C@@H]2CC(C)(C)OC2=O)C3)C1. The highest BCUT2D eigenvalue weighted by molar-refractivity contribution is 5.84. The number of esters is 1. The van der Waals surface area contributed by atoms with E-state index in [9.17, 15) is 9.59 Å². The van der Waals surface area contributed by atoms with Crippen molar-refractivity contribution in [1.82, 2.24) is 19.8 Å². The number of piperidine rings is 1. The van der Waals surface area contributed by atoms with Crippen molar-refractivity contribution in [1.29, 1.82) is 0 Å². The molecule has 2 fully saturated rings. The zero-order chi connectivity index (χ0) is 19.9. The van der Waals surface area contributed by atoms with Crippen LogP contribution >= 0.6 is 0 Å². The van der Waals surface area contributed by atoms with E-state index in [1.807, 2.05) is 24.9 Å². The van der Waals surface area contributed by atoms with Gasteiger partial charge in [-0.15, -0.1) is 0 Å². The Bertz CT molecular complexity index is 779. The van der Waals surface area contributed by atoms with Crippen LogP contribution in [0, 0.1) is 5.92 Å². The first-order valence-corrected chi connectivity index (χ1v) is 10.3. The Morgan fingerprint density at radius 2 is 2.18 bits per heavy atom. The Kier molecular flexibility index (Phi) is 5.12. The number of aromatic nitrogens is 2. The van der Waals surface area contributed by atoms with Gasteiger partial charge in [-0.1, -0.05) is 0 Å². The average Bonchev–Trinajstić information content (AvgIpc) is 2.92. The summed E-state index contributed by atoms with van der Waals surface area (Å²) in [6, 6.07) is 0. The number of likely N-dealkylation sites (N-methyl/N-ethyl adjacent to an activating group) is 1. The molecule has 1 aromatic heterocycles. The molecule has 0 radical (unpaired) electrons. The fourth-order valence-electron chi connectivity index (χ4n) is 4.69. The van der Waals surface area contributed by atoms with E-state index >= 15 is 0 Å². The predicted octanol–water partition coefficient (Wildman–Crippen LogP) is 1.90. The number of amides is 1. The Morgan fingerprint density at radius 1 is 1.36 bits per heavy atom. The lowest BCUT2D eigenvalue weighted by atomic mass is 9.94. The first-order chi connectivity index (χ1) is 13.3. The fraction of sp³-hybridized carbons (Fsp3) is 0.714. The van der Waals surface area contributed by atoms with E-state index in [4.69, 9.17) is 9.72 Å². The van der Waals surface area contributed by atoms with Gasteiger partial charge in [0.1, 0.15) is 11.4 Å². The lowest BCUT2D eigenvalue weighted by Gasteiger charge is -2.31. The number of likely N-dealkylation sites (tertiary alicyclic amines) is 1. The standard InChI is InChI=1S/C21H30N4O3/c1-21(2)10-15(20(27)28-21)9-18(26)25-8-6-17-16(13-25)11-22-19(23-17)14-5-4-7-24(3)12-14/h11,14-15H,4-10,12-13H2,1-3H3/t14-,15+/m0/s1. The summed E-state index contributed by atoms with van der Waals surface area (Å²) in [6.45, 7) is 7.13. The smallest absolute Gasteiger partial charge is 0.310 e. The van der Waals surface area contributed by atoms with E-state index in [-0.39, 0.29) is 24.2 Å². The van der Waals surface area contributed by atoms with Crippen molar-refractivity contribution in [2.75, 3.05) is 26.7 Å². The highest BCUT2D eigenvalue weighted by Crippen LogP contribution is 2.33. The van der Waals surface area contributed by atoms with Crippen LogP contribution in [0.4, 0.5) is 0 Å². The van der Waals surface area contributed by atoms with Gasteiger partial charge in [-0.2, -0.15) is 0 Å². The van der Waals surface area contributed by atoms with Crippen molar-refractivity contribution in [2.24, 2.45) is 5.92 Å². The van der Waals surface area contributed by atoms with Crippen LogP contribution in [0.1, 0.15) is 62.5 Å². The van der Waals surface area contributed by atoms with Crippen molar-refractivity contribution in [3.05, 3.63) is 23.3 Å². The number of carbonyl (C=O) groups excluding carboxylic acids is 2. The van der Waals surface area contributed by atoms with Gasteiger partial charge in [0, 0.05) is 56.6 Å². The Balaban J connectivity index is 1.39. The minimum absolute atomic E-state index is 0.0169. The minimum Gasteiger partial charge on any atom is -0.459 e. The van der Waals surface area contributed by atoms with Crippen LogP contribution in [0.5, 0.6) is 0 Å². The normalized spacial score (nSPS) is 27.4. The molecule has 0 aliphatic carbocycles. The zero-order valence-electron chi connectivity index (χ0n) is 17.1. The highest BCUT2D eigenvalue weighted by Gasteiger charge is 2.41. The molecule has 1 amide bonds. The summed E-state index contributed by atoms with van der Waals surface area (Å²) in [5, 5.41) is 0. The van der Waals surface area contributed by atoms with Gasteiger partial charge in [0.2, 0.25) is 5.91 Å². The first-order valence-electron chi connectivity index (χ1n) is 10.3. The quantitative estimate of drug-likeness (QED) is 0.739. The summed E-state index contributed by atoms with van der Waals surface area (Å²) >= 11 is 0. The van der Waals surface area contributed by atoms with Gasteiger partial charge in [0.05, 0.1) is 11.6 Å². The number of cyclic esters (lactones) is 1. The average molecular weight is 386 g/mol. The summed E-state index contributed by atoms with van der Waals surface area (Å²) in [6.07, 6.45) is 5.81. The number of fused-ring (bicyclic) bond motifs is 1. The van der Waals surface area contributed by atoms with Crippen LogP contribution < -0.4 is 0 Å². The second kappa shape index (κ2) is 7.43. The number of hydrogen-bond donors (Lipinski definition) is 0.